The molecule has 2 N–H and O–H groups in total. The van der Waals surface area contributed by atoms with E-state index in [1.165, 1.54) is 38.1 Å². The predicted molar refractivity (Wildman–Crippen MR) is 72.2 cm³/mol. The van der Waals surface area contributed by atoms with Crippen LogP contribution in [0.5, 0.6) is 5.75 Å². The van der Waals surface area contributed by atoms with Crippen molar-refractivity contribution in [2.45, 2.75) is 23.5 Å². The Kier molecular flexibility index (Phi) is 4.28. The number of rotatable bonds is 5. The number of nitrogens with one attached hydrogen (secondary N) is 1. The van der Waals surface area contributed by atoms with Gasteiger partial charge in [-0.25, -0.2) is 21.6 Å². The largest absolute Gasteiger partial charge is 0.507 e. The second-order valence-electron chi connectivity index (χ2n) is 4.82. The molecule has 0 saturated carbocycles. The van der Waals surface area contributed by atoms with Crippen LogP contribution < -0.4 is 4.72 Å². The van der Waals surface area contributed by atoms with Crippen LogP contribution in [-0.2, 0) is 19.9 Å². The van der Waals surface area contributed by atoms with Gasteiger partial charge in [0.1, 0.15) is 10.6 Å². The van der Waals surface area contributed by atoms with Crippen LogP contribution in [0, 0.1) is 0 Å². The third kappa shape index (κ3) is 3.68. The molecule has 19 heavy (non-hydrogen) atoms. The van der Waals surface area contributed by atoms with Gasteiger partial charge in [-0.1, -0.05) is 12.1 Å². The van der Waals surface area contributed by atoms with Crippen molar-refractivity contribution in [2.24, 2.45) is 0 Å². The molecule has 0 saturated heterocycles. The number of para-hydroxylation sites is 1. The minimum Gasteiger partial charge on any atom is -0.507 e. The van der Waals surface area contributed by atoms with E-state index in [0.717, 1.165) is 6.26 Å². The molecule has 108 valence electrons. The fraction of sp³-hybridized carbons (Fsp3) is 0.455. The van der Waals surface area contributed by atoms with Gasteiger partial charge in [0, 0.05) is 12.8 Å². The van der Waals surface area contributed by atoms with Gasteiger partial charge in [0.25, 0.3) is 0 Å². The molecule has 0 aromatic heterocycles. The summed E-state index contributed by atoms with van der Waals surface area (Å²) in [6.07, 6.45) is 1.04. The zero-order valence-corrected chi connectivity index (χ0v) is 12.5. The van der Waals surface area contributed by atoms with Gasteiger partial charge in [-0.3, -0.25) is 0 Å². The summed E-state index contributed by atoms with van der Waals surface area (Å²) < 4.78 is 47.9. The van der Waals surface area contributed by atoms with E-state index in [0.29, 0.717) is 0 Å². The predicted octanol–water partition coefficient (Wildman–Crippen LogP) is 0.494. The third-order valence-corrected chi connectivity index (χ3v) is 6.45. The van der Waals surface area contributed by atoms with Gasteiger partial charge in [0.2, 0.25) is 10.0 Å². The van der Waals surface area contributed by atoms with E-state index in [1.807, 2.05) is 0 Å². The summed E-state index contributed by atoms with van der Waals surface area (Å²) in [5.74, 6) is -0.382. The monoisotopic (exact) mass is 307 g/mol. The van der Waals surface area contributed by atoms with Crippen LogP contribution in [-0.4, -0.2) is 39.5 Å². The summed E-state index contributed by atoms with van der Waals surface area (Å²) >= 11 is 0. The molecule has 1 aromatic carbocycles. The third-order valence-electron chi connectivity index (χ3n) is 2.85. The van der Waals surface area contributed by atoms with Crippen molar-refractivity contribution in [3.63, 3.8) is 0 Å². The molecular weight excluding hydrogens is 290 g/mol. The minimum absolute atomic E-state index is 0.275. The van der Waals surface area contributed by atoms with Crippen molar-refractivity contribution < 1.29 is 21.9 Å². The average molecular weight is 307 g/mol. The lowest BCUT2D eigenvalue weighted by atomic mass is 10.2. The van der Waals surface area contributed by atoms with E-state index in [-0.39, 0.29) is 17.2 Å². The quantitative estimate of drug-likeness (QED) is 0.824. The number of hydrogen-bond donors (Lipinski definition) is 2. The van der Waals surface area contributed by atoms with E-state index >= 15 is 0 Å². The molecule has 0 amide bonds. The van der Waals surface area contributed by atoms with Crippen LogP contribution in [0.3, 0.4) is 0 Å². The van der Waals surface area contributed by atoms with Gasteiger partial charge in [-0.05, 0) is 26.0 Å². The second-order valence-corrected chi connectivity index (χ2v) is 9.21. The Labute approximate surface area is 113 Å². The second kappa shape index (κ2) is 5.10. The van der Waals surface area contributed by atoms with Crippen molar-refractivity contribution in [1.82, 2.24) is 4.72 Å². The Morgan fingerprint density at radius 2 is 1.68 bits per heavy atom. The Hall–Kier alpha value is -1.12. The summed E-state index contributed by atoms with van der Waals surface area (Å²) in [6.45, 7) is 2.58. The summed E-state index contributed by atoms with van der Waals surface area (Å²) in [4.78, 5) is -0.278. The number of phenolic OH excluding ortho intramolecular Hbond substituents is 1. The first-order chi connectivity index (χ1) is 8.47. The van der Waals surface area contributed by atoms with Gasteiger partial charge in [0.15, 0.2) is 9.84 Å². The summed E-state index contributed by atoms with van der Waals surface area (Å²) in [6, 6.07) is 5.45. The van der Waals surface area contributed by atoms with E-state index in [2.05, 4.69) is 4.72 Å². The van der Waals surface area contributed by atoms with Crippen molar-refractivity contribution in [3.8, 4) is 5.75 Å². The maximum absolute atomic E-state index is 12.0. The minimum atomic E-state index is -3.95. The molecule has 0 radical (unpaired) electrons. The first-order valence-corrected chi connectivity index (χ1v) is 8.82. The normalized spacial score (nSPS) is 13.4. The average Bonchev–Trinajstić information content (AvgIpc) is 2.25. The Morgan fingerprint density at radius 1 is 1.16 bits per heavy atom. The summed E-state index contributed by atoms with van der Waals surface area (Å²) in [5, 5.41) is 9.50. The highest BCUT2D eigenvalue weighted by atomic mass is 32.2. The van der Waals surface area contributed by atoms with Gasteiger partial charge < -0.3 is 5.11 Å². The van der Waals surface area contributed by atoms with E-state index < -0.39 is 24.6 Å². The summed E-state index contributed by atoms with van der Waals surface area (Å²) in [5.41, 5.74) is 0. The number of phenols is 1. The molecule has 0 aliphatic heterocycles. The molecule has 0 bridgehead atoms. The summed E-state index contributed by atoms with van der Waals surface area (Å²) in [7, 11) is -7.36. The van der Waals surface area contributed by atoms with E-state index in [9.17, 15) is 21.9 Å². The standard InChI is InChI=1S/C11H17NO5S2/c1-11(2,18(3,14)15)8-12-19(16,17)10-7-5-4-6-9(10)13/h4-7,12-13H,8H2,1-3H3. The maximum atomic E-state index is 12.0. The molecule has 8 heteroatoms. The number of hydrogen-bond acceptors (Lipinski definition) is 5. The lowest BCUT2D eigenvalue weighted by Crippen LogP contribution is -2.43. The molecule has 1 rings (SSSR count). The zero-order chi connectivity index (χ0) is 14.9. The molecule has 0 fully saturated rings. The zero-order valence-electron chi connectivity index (χ0n) is 10.9. The molecule has 0 spiro atoms. The van der Waals surface area contributed by atoms with Crippen LogP contribution in [0.25, 0.3) is 0 Å². The molecule has 0 unspecified atom stereocenters. The Balaban J connectivity index is 2.99. The molecule has 1 aromatic rings. The molecule has 0 atom stereocenters. The van der Waals surface area contributed by atoms with Crippen LogP contribution in [0.15, 0.2) is 29.2 Å². The Morgan fingerprint density at radius 3 is 2.16 bits per heavy atom. The number of sulfone groups is 1. The van der Waals surface area contributed by atoms with Gasteiger partial charge in [0.05, 0.1) is 4.75 Å². The first-order valence-electron chi connectivity index (χ1n) is 5.45. The lowest BCUT2D eigenvalue weighted by molar-refractivity contribution is 0.457. The highest BCUT2D eigenvalue weighted by molar-refractivity contribution is 7.92. The van der Waals surface area contributed by atoms with Gasteiger partial charge in [-0.2, -0.15) is 0 Å². The fourth-order valence-corrected chi connectivity index (χ4v) is 2.90. The SMILES string of the molecule is CC(C)(CNS(=O)(=O)c1ccccc1O)S(C)(=O)=O. The van der Waals surface area contributed by atoms with E-state index in [1.54, 1.807) is 0 Å². The maximum Gasteiger partial charge on any atom is 0.244 e. The smallest absolute Gasteiger partial charge is 0.244 e. The van der Waals surface area contributed by atoms with Crippen LogP contribution in [0.1, 0.15) is 13.8 Å². The van der Waals surface area contributed by atoms with Crippen LogP contribution in [0.2, 0.25) is 0 Å². The molecule has 6 nitrogen and oxygen atoms in total. The van der Waals surface area contributed by atoms with Crippen molar-refractivity contribution >= 4 is 19.9 Å². The molecule has 0 aliphatic rings. The molecule has 0 heterocycles. The van der Waals surface area contributed by atoms with Crippen molar-refractivity contribution in [2.75, 3.05) is 12.8 Å². The van der Waals surface area contributed by atoms with Crippen molar-refractivity contribution in [3.05, 3.63) is 24.3 Å². The highest BCUT2D eigenvalue weighted by Gasteiger charge is 2.32. The molecule has 0 aliphatic carbocycles. The van der Waals surface area contributed by atoms with Gasteiger partial charge >= 0.3 is 0 Å². The number of sulfonamides is 1. The Bertz CT molecular complexity index is 662. The lowest BCUT2D eigenvalue weighted by Gasteiger charge is -2.22. The number of benzene rings is 1. The first kappa shape index (κ1) is 15.9. The molecular formula is C11H17NO5S2. The highest BCUT2D eigenvalue weighted by Crippen LogP contribution is 2.22. The van der Waals surface area contributed by atoms with E-state index in [4.69, 9.17) is 0 Å². The number of aromatic hydroxyl groups is 1. The topological polar surface area (TPSA) is 101 Å². The fourth-order valence-electron chi connectivity index (χ4n) is 1.16. The van der Waals surface area contributed by atoms with Crippen LogP contribution in [0.4, 0.5) is 0 Å². The van der Waals surface area contributed by atoms with Gasteiger partial charge in [-0.15, -0.1) is 0 Å². The van der Waals surface area contributed by atoms with Crippen molar-refractivity contribution in [1.29, 1.82) is 0 Å². The van der Waals surface area contributed by atoms with Crippen LogP contribution >= 0.6 is 0 Å².